The van der Waals surface area contributed by atoms with Gasteiger partial charge in [-0.05, 0) is 29.7 Å². The standard InChI is InChI=1S/C17H13NO/c1-18-16-5-3-2-4-14(16)15-8-6-11-10-12(19)7-9-13(11)17(15)18/h2-10,19H,1H3. The van der Waals surface area contributed by atoms with Crippen LogP contribution in [-0.2, 0) is 7.05 Å². The van der Waals surface area contributed by atoms with Gasteiger partial charge in [0.05, 0.1) is 5.52 Å². The molecule has 0 unspecified atom stereocenters. The molecule has 0 aliphatic carbocycles. The van der Waals surface area contributed by atoms with Gasteiger partial charge in [0.2, 0.25) is 0 Å². The predicted molar refractivity (Wildman–Crippen MR) is 79.6 cm³/mol. The van der Waals surface area contributed by atoms with Crippen LogP contribution in [0, 0.1) is 0 Å². The van der Waals surface area contributed by atoms with Crippen LogP contribution >= 0.6 is 0 Å². The minimum absolute atomic E-state index is 0.311. The summed E-state index contributed by atoms with van der Waals surface area (Å²) in [5.41, 5.74) is 2.46. The van der Waals surface area contributed by atoms with E-state index in [0.29, 0.717) is 5.75 Å². The summed E-state index contributed by atoms with van der Waals surface area (Å²) in [6, 6.07) is 18.2. The predicted octanol–water partition coefficient (Wildman–Crippen LogP) is 4.19. The zero-order valence-corrected chi connectivity index (χ0v) is 10.6. The number of hydrogen-bond acceptors (Lipinski definition) is 1. The van der Waals surface area contributed by atoms with Crippen molar-refractivity contribution in [2.45, 2.75) is 0 Å². The van der Waals surface area contributed by atoms with Crippen molar-refractivity contribution < 1.29 is 5.11 Å². The Morgan fingerprint density at radius 1 is 0.842 bits per heavy atom. The lowest BCUT2D eigenvalue weighted by Gasteiger charge is -2.04. The highest BCUT2D eigenvalue weighted by atomic mass is 16.3. The van der Waals surface area contributed by atoms with Crippen molar-refractivity contribution in [1.82, 2.24) is 4.57 Å². The molecule has 0 atom stereocenters. The van der Waals surface area contributed by atoms with E-state index < -0.39 is 0 Å². The molecule has 0 bridgehead atoms. The van der Waals surface area contributed by atoms with Gasteiger partial charge >= 0.3 is 0 Å². The maximum absolute atomic E-state index is 9.60. The largest absolute Gasteiger partial charge is 0.508 e. The van der Waals surface area contributed by atoms with E-state index in [0.717, 1.165) is 5.39 Å². The molecule has 0 saturated heterocycles. The number of aryl methyl sites for hydroxylation is 1. The Bertz CT molecular complexity index is 934. The number of aromatic nitrogens is 1. The lowest BCUT2D eigenvalue weighted by atomic mass is 10.1. The van der Waals surface area contributed by atoms with Crippen LogP contribution in [0.25, 0.3) is 32.6 Å². The first-order valence-corrected chi connectivity index (χ1v) is 6.34. The number of phenolic OH excluding ortho intramolecular Hbond substituents is 1. The van der Waals surface area contributed by atoms with Crippen LogP contribution in [0.4, 0.5) is 0 Å². The Kier molecular flexibility index (Phi) is 1.93. The van der Waals surface area contributed by atoms with Crippen molar-refractivity contribution in [3.05, 3.63) is 54.6 Å². The molecule has 19 heavy (non-hydrogen) atoms. The Morgan fingerprint density at radius 3 is 2.53 bits per heavy atom. The average Bonchev–Trinajstić information content (AvgIpc) is 2.73. The summed E-state index contributed by atoms with van der Waals surface area (Å²) >= 11 is 0. The minimum atomic E-state index is 0.311. The Balaban J connectivity index is 2.33. The van der Waals surface area contributed by atoms with Crippen molar-refractivity contribution in [2.75, 3.05) is 0 Å². The zero-order valence-electron chi connectivity index (χ0n) is 10.6. The van der Waals surface area contributed by atoms with Gasteiger partial charge in [-0.3, -0.25) is 0 Å². The van der Waals surface area contributed by atoms with Gasteiger partial charge < -0.3 is 9.67 Å². The first-order chi connectivity index (χ1) is 9.25. The summed E-state index contributed by atoms with van der Waals surface area (Å²) in [5, 5.41) is 14.4. The van der Waals surface area contributed by atoms with Crippen LogP contribution in [0.5, 0.6) is 5.75 Å². The van der Waals surface area contributed by atoms with Gasteiger partial charge in [0, 0.05) is 28.7 Å². The summed E-state index contributed by atoms with van der Waals surface area (Å²) in [4.78, 5) is 0. The van der Waals surface area contributed by atoms with Crippen LogP contribution in [-0.4, -0.2) is 9.67 Å². The van der Waals surface area contributed by atoms with E-state index in [4.69, 9.17) is 0 Å². The van der Waals surface area contributed by atoms with Crippen LogP contribution in [0.2, 0.25) is 0 Å². The summed E-state index contributed by atoms with van der Waals surface area (Å²) in [6.45, 7) is 0. The minimum Gasteiger partial charge on any atom is -0.508 e. The second kappa shape index (κ2) is 3.51. The molecule has 0 aliphatic rings. The van der Waals surface area contributed by atoms with E-state index in [-0.39, 0.29) is 0 Å². The van der Waals surface area contributed by atoms with Gasteiger partial charge in [0.15, 0.2) is 0 Å². The normalized spacial score (nSPS) is 11.6. The molecule has 0 spiro atoms. The van der Waals surface area contributed by atoms with Crippen LogP contribution in [0.15, 0.2) is 54.6 Å². The van der Waals surface area contributed by atoms with E-state index in [1.165, 1.54) is 27.2 Å². The molecule has 0 fully saturated rings. The number of nitrogens with zero attached hydrogens (tertiary/aromatic N) is 1. The van der Waals surface area contributed by atoms with E-state index in [1.807, 2.05) is 12.1 Å². The van der Waals surface area contributed by atoms with Crippen LogP contribution in [0.3, 0.4) is 0 Å². The van der Waals surface area contributed by atoms with Crippen molar-refractivity contribution in [2.24, 2.45) is 7.05 Å². The molecule has 4 aromatic rings. The highest BCUT2D eigenvalue weighted by molar-refractivity contribution is 6.17. The molecule has 1 aromatic heterocycles. The van der Waals surface area contributed by atoms with Gasteiger partial charge in [-0.2, -0.15) is 0 Å². The number of phenols is 1. The molecule has 2 nitrogen and oxygen atoms in total. The third-order valence-electron chi connectivity index (χ3n) is 3.87. The molecule has 1 N–H and O–H groups in total. The molecule has 4 rings (SSSR count). The smallest absolute Gasteiger partial charge is 0.116 e. The number of benzene rings is 3. The molecular formula is C17H13NO. The quantitative estimate of drug-likeness (QED) is 0.495. The number of aromatic hydroxyl groups is 1. The maximum atomic E-state index is 9.60. The molecule has 0 saturated carbocycles. The Morgan fingerprint density at radius 2 is 1.63 bits per heavy atom. The summed E-state index contributed by atoms with van der Waals surface area (Å²) in [5.74, 6) is 0.311. The van der Waals surface area contributed by atoms with E-state index in [1.54, 1.807) is 6.07 Å². The van der Waals surface area contributed by atoms with Crippen molar-refractivity contribution >= 4 is 32.6 Å². The Hall–Kier alpha value is -2.48. The topological polar surface area (TPSA) is 25.2 Å². The molecule has 2 heteroatoms. The first-order valence-electron chi connectivity index (χ1n) is 6.34. The third-order valence-corrected chi connectivity index (χ3v) is 3.87. The van der Waals surface area contributed by atoms with E-state index in [2.05, 4.69) is 48.0 Å². The number of rotatable bonds is 0. The van der Waals surface area contributed by atoms with E-state index in [9.17, 15) is 5.11 Å². The molecule has 1 heterocycles. The third kappa shape index (κ3) is 1.31. The van der Waals surface area contributed by atoms with Crippen molar-refractivity contribution in [1.29, 1.82) is 0 Å². The first kappa shape index (κ1) is 10.4. The fourth-order valence-corrected chi connectivity index (χ4v) is 2.99. The van der Waals surface area contributed by atoms with Gasteiger partial charge in [-0.15, -0.1) is 0 Å². The molecule has 0 amide bonds. The van der Waals surface area contributed by atoms with Crippen LogP contribution < -0.4 is 0 Å². The van der Waals surface area contributed by atoms with Gasteiger partial charge in [0.25, 0.3) is 0 Å². The van der Waals surface area contributed by atoms with Crippen molar-refractivity contribution in [3.8, 4) is 5.75 Å². The summed E-state index contributed by atoms with van der Waals surface area (Å²) in [7, 11) is 2.09. The Labute approximate surface area is 110 Å². The van der Waals surface area contributed by atoms with Gasteiger partial charge in [0.1, 0.15) is 5.75 Å². The number of hydrogen-bond donors (Lipinski definition) is 1. The SMILES string of the molecule is Cn1c2ccccc2c2ccc3cc(O)ccc3c21. The zero-order chi connectivity index (χ0) is 13.0. The second-order valence-corrected chi connectivity index (χ2v) is 4.94. The lowest BCUT2D eigenvalue weighted by molar-refractivity contribution is 0.476. The fraction of sp³-hybridized carbons (Fsp3) is 0.0588. The van der Waals surface area contributed by atoms with Gasteiger partial charge in [-0.1, -0.05) is 30.3 Å². The number of para-hydroxylation sites is 1. The van der Waals surface area contributed by atoms with E-state index >= 15 is 0 Å². The summed E-state index contributed by atoms with van der Waals surface area (Å²) in [6.07, 6.45) is 0. The molecule has 0 radical (unpaired) electrons. The average molecular weight is 247 g/mol. The molecular weight excluding hydrogens is 234 g/mol. The lowest BCUT2D eigenvalue weighted by Crippen LogP contribution is -1.87. The second-order valence-electron chi connectivity index (χ2n) is 4.94. The highest BCUT2D eigenvalue weighted by Crippen LogP contribution is 2.34. The maximum Gasteiger partial charge on any atom is 0.116 e. The molecule has 0 aliphatic heterocycles. The number of fused-ring (bicyclic) bond motifs is 5. The molecule has 92 valence electrons. The monoisotopic (exact) mass is 247 g/mol. The van der Waals surface area contributed by atoms with Gasteiger partial charge in [-0.25, -0.2) is 0 Å². The highest BCUT2D eigenvalue weighted by Gasteiger charge is 2.10. The fourth-order valence-electron chi connectivity index (χ4n) is 2.99. The molecule has 3 aromatic carbocycles. The van der Waals surface area contributed by atoms with Crippen LogP contribution in [0.1, 0.15) is 0 Å². The summed E-state index contributed by atoms with van der Waals surface area (Å²) < 4.78 is 2.23. The van der Waals surface area contributed by atoms with Crippen molar-refractivity contribution in [3.63, 3.8) is 0 Å².